The topological polar surface area (TPSA) is 0 Å². The van der Waals surface area contributed by atoms with Gasteiger partial charge in [-0.15, -0.1) is 0 Å². The van der Waals surface area contributed by atoms with Gasteiger partial charge in [0.25, 0.3) is 0 Å². The standard InChI is InChI=1S/C14H11Cl/c15-14-9-5-4-8-13(14)11-10-12-6-2-1-3-7-12/h1-11H. The molecule has 15 heavy (non-hydrogen) atoms. The van der Waals surface area contributed by atoms with Gasteiger partial charge in [0.2, 0.25) is 0 Å². The molecule has 0 heterocycles. The summed E-state index contributed by atoms with van der Waals surface area (Å²) in [6, 6.07) is 18.0. The Labute approximate surface area is 94.8 Å². The van der Waals surface area contributed by atoms with Crippen molar-refractivity contribution >= 4 is 23.8 Å². The van der Waals surface area contributed by atoms with Gasteiger partial charge in [-0.2, -0.15) is 0 Å². The lowest BCUT2D eigenvalue weighted by molar-refractivity contribution is 1.64. The fraction of sp³-hybridized carbons (Fsp3) is 0. The lowest BCUT2D eigenvalue weighted by Crippen LogP contribution is -1.73. The van der Waals surface area contributed by atoms with Gasteiger partial charge in [-0.25, -0.2) is 0 Å². The van der Waals surface area contributed by atoms with Gasteiger partial charge in [0.15, 0.2) is 0 Å². The first-order valence-electron chi connectivity index (χ1n) is 4.84. The van der Waals surface area contributed by atoms with E-state index in [9.17, 15) is 0 Å². The van der Waals surface area contributed by atoms with Crippen LogP contribution in [0.2, 0.25) is 5.02 Å². The molecule has 0 bridgehead atoms. The molecule has 0 fully saturated rings. The van der Waals surface area contributed by atoms with Gasteiger partial charge in [0, 0.05) is 5.02 Å². The highest BCUT2D eigenvalue weighted by atomic mass is 35.5. The normalized spacial score (nSPS) is 10.7. The van der Waals surface area contributed by atoms with Crippen LogP contribution in [0.3, 0.4) is 0 Å². The zero-order valence-corrected chi connectivity index (χ0v) is 8.98. The molecule has 0 aliphatic rings. The molecule has 0 aliphatic carbocycles. The van der Waals surface area contributed by atoms with E-state index >= 15 is 0 Å². The van der Waals surface area contributed by atoms with Gasteiger partial charge in [-0.1, -0.05) is 72.3 Å². The quantitative estimate of drug-likeness (QED) is 0.646. The second-order valence-corrected chi connectivity index (χ2v) is 3.67. The van der Waals surface area contributed by atoms with E-state index in [0.29, 0.717) is 0 Å². The maximum atomic E-state index is 6.04. The van der Waals surface area contributed by atoms with Crippen LogP contribution in [-0.2, 0) is 0 Å². The summed E-state index contributed by atoms with van der Waals surface area (Å²) in [6.07, 6.45) is 4.08. The lowest BCUT2D eigenvalue weighted by Gasteiger charge is -1.96. The molecule has 2 aromatic rings. The van der Waals surface area contributed by atoms with E-state index in [-0.39, 0.29) is 0 Å². The van der Waals surface area contributed by atoms with Crippen molar-refractivity contribution in [2.45, 2.75) is 0 Å². The number of benzene rings is 2. The van der Waals surface area contributed by atoms with Gasteiger partial charge >= 0.3 is 0 Å². The van der Waals surface area contributed by atoms with Crippen LogP contribution in [0.1, 0.15) is 11.1 Å². The summed E-state index contributed by atoms with van der Waals surface area (Å²) in [6.45, 7) is 0. The molecule has 0 radical (unpaired) electrons. The third kappa shape index (κ3) is 2.71. The van der Waals surface area contributed by atoms with Crippen LogP contribution in [0.5, 0.6) is 0 Å². The molecule has 0 N–H and O–H groups in total. The van der Waals surface area contributed by atoms with Crippen molar-refractivity contribution in [1.29, 1.82) is 0 Å². The monoisotopic (exact) mass is 214 g/mol. The zero-order chi connectivity index (χ0) is 10.5. The maximum Gasteiger partial charge on any atom is 0.0478 e. The first kappa shape index (κ1) is 10.0. The molecular weight excluding hydrogens is 204 g/mol. The minimum atomic E-state index is 0.782. The van der Waals surface area contributed by atoms with Crippen molar-refractivity contribution in [3.63, 3.8) is 0 Å². The van der Waals surface area contributed by atoms with E-state index in [1.165, 1.54) is 5.56 Å². The van der Waals surface area contributed by atoms with Crippen LogP contribution >= 0.6 is 11.6 Å². The molecule has 74 valence electrons. The molecule has 0 amide bonds. The highest BCUT2D eigenvalue weighted by Gasteiger charge is 1.92. The van der Waals surface area contributed by atoms with E-state index in [0.717, 1.165) is 10.6 Å². The highest BCUT2D eigenvalue weighted by Crippen LogP contribution is 2.17. The summed E-state index contributed by atoms with van der Waals surface area (Å²) in [7, 11) is 0. The second-order valence-electron chi connectivity index (χ2n) is 3.27. The molecular formula is C14H11Cl. The Kier molecular flexibility index (Phi) is 3.21. The van der Waals surface area contributed by atoms with Crippen molar-refractivity contribution in [3.8, 4) is 0 Å². The summed E-state index contributed by atoms with van der Waals surface area (Å²) < 4.78 is 0. The van der Waals surface area contributed by atoms with Crippen molar-refractivity contribution in [3.05, 3.63) is 70.7 Å². The first-order valence-corrected chi connectivity index (χ1v) is 5.22. The Hall–Kier alpha value is -1.53. The fourth-order valence-electron chi connectivity index (χ4n) is 1.36. The Balaban J connectivity index is 2.23. The summed E-state index contributed by atoms with van der Waals surface area (Å²) in [4.78, 5) is 0. The smallest absolute Gasteiger partial charge is 0.0478 e. The van der Waals surface area contributed by atoms with Crippen molar-refractivity contribution in [1.82, 2.24) is 0 Å². The maximum absolute atomic E-state index is 6.04. The minimum Gasteiger partial charge on any atom is -0.0837 e. The molecule has 2 aromatic carbocycles. The van der Waals surface area contributed by atoms with Crippen molar-refractivity contribution in [2.24, 2.45) is 0 Å². The Morgan fingerprint density at radius 1 is 0.733 bits per heavy atom. The van der Waals surface area contributed by atoms with Gasteiger partial charge in [0.1, 0.15) is 0 Å². The summed E-state index contributed by atoms with van der Waals surface area (Å²) in [5.74, 6) is 0. The van der Waals surface area contributed by atoms with Gasteiger partial charge < -0.3 is 0 Å². The molecule has 0 nitrogen and oxygen atoms in total. The molecule has 0 atom stereocenters. The van der Waals surface area contributed by atoms with Crippen LogP contribution < -0.4 is 0 Å². The zero-order valence-electron chi connectivity index (χ0n) is 8.23. The summed E-state index contributed by atoms with van der Waals surface area (Å²) in [5.41, 5.74) is 2.22. The molecule has 0 saturated carbocycles. The SMILES string of the molecule is Clc1ccccc1C=Cc1ccccc1. The first-order chi connectivity index (χ1) is 7.36. The molecule has 0 saturated heterocycles. The van der Waals surface area contributed by atoms with E-state index < -0.39 is 0 Å². The molecule has 2 rings (SSSR count). The molecule has 0 spiro atoms. The van der Waals surface area contributed by atoms with Gasteiger partial charge in [-0.05, 0) is 17.2 Å². The van der Waals surface area contributed by atoms with E-state index in [2.05, 4.69) is 18.2 Å². The van der Waals surface area contributed by atoms with Crippen LogP contribution in [0.15, 0.2) is 54.6 Å². The molecule has 0 aromatic heterocycles. The third-order valence-electron chi connectivity index (χ3n) is 2.16. The van der Waals surface area contributed by atoms with Crippen LogP contribution in [0.4, 0.5) is 0 Å². The van der Waals surface area contributed by atoms with E-state index in [1.807, 2.05) is 48.5 Å². The highest BCUT2D eigenvalue weighted by molar-refractivity contribution is 6.32. The molecule has 1 heteroatoms. The predicted octanol–water partition coefficient (Wildman–Crippen LogP) is 4.51. The Morgan fingerprint density at radius 2 is 1.40 bits per heavy atom. The summed E-state index contributed by atoms with van der Waals surface area (Å²) >= 11 is 6.04. The molecule has 0 aliphatic heterocycles. The van der Waals surface area contributed by atoms with Crippen LogP contribution in [0.25, 0.3) is 12.2 Å². The van der Waals surface area contributed by atoms with E-state index in [4.69, 9.17) is 11.6 Å². The van der Waals surface area contributed by atoms with E-state index in [1.54, 1.807) is 0 Å². The van der Waals surface area contributed by atoms with Crippen molar-refractivity contribution in [2.75, 3.05) is 0 Å². The minimum absolute atomic E-state index is 0.782. The van der Waals surface area contributed by atoms with Crippen molar-refractivity contribution < 1.29 is 0 Å². The summed E-state index contributed by atoms with van der Waals surface area (Å²) in [5, 5.41) is 0.782. The average Bonchev–Trinajstić information content (AvgIpc) is 2.29. The predicted molar refractivity (Wildman–Crippen MR) is 66.8 cm³/mol. The van der Waals surface area contributed by atoms with Gasteiger partial charge in [-0.3, -0.25) is 0 Å². The van der Waals surface area contributed by atoms with Gasteiger partial charge in [0.05, 0.1) is 0 Å². The van der Waals surface area contributed by atoms with Crippen LogP contribution in [-0.4, -0.2) is 0 Å². The largest absolute Gasteiger partial charge is 0.0837 e. The lowest BCUT2D eigenvalue weighted by atomic mass is 10.1. The third-order valence-corrected chi connectivity index (χ3v) is 2.50. The number of hydrogen-bond donors (Lipinski definition) is 0. The molecule has 0 unspecified atom stereocenters. The number of halogens is 1. The number of rotatable bonds is 2. The number of hydrogen-bond acceptors (Lipinski definition) is 0. The Bertz CT molecular complexity index is 458. The van der Waals surface area contributed by atoms with Crippen LogP contribution in [0, 0.1) is 0 Å². The average molecular weight is 215 g/mol. The Morgan fingerprint density at radius 3 is 2.13 bits per heavy atom. The fourth-order valence-corrected chi connectivity index (χ4v) is 1.56. The second kappa shape index (κ2) is 4.81.